The molecule has 0 bridgehead atoms. The Kier molecular flexibility index (Phi) is 6.70. The molecule has 1 rings (SSSR count). The fourth-order valence-electron chi connectivity index (χ4n) is 2.23. The van der Waals surface area contributed by atoms with E-state index in [1.807, 2.05) is 11.6 Å². The Balaban J connectivity index is 2.56. The Bertz CT molecular complexity index is 372. The predicted octanol–water partition coefficient (Wildman–Crippen LogP) is 2.33. The first-order valence-electron chi connectivity index (χ1n) is 7.43. The van der Waals surface area contributed by atoms with Gasteiger partial charge in [-0.25, -0.2) is 4.68 Å². The third-order valence-corrected chi connectivity index (χ3v) is 3.32. The van der Waals surface area contributed by atoms with Gasteiger partial charge < -0.3 is 16.0 Å². The van der Waals surface area contributed by atoms with Crippen molar-refractivity contribution in [1.29, 1.82) is 0 Å². The quantitative estimate of drug-likeness (QED) is 0.721. The molecule has 0 atom stereocenters. The average molecular weight is 267 g/mol. The Morgan fingerprint density at radius 2 is 1.95 bits per heavy atom. The second-order valence-corrected chi connectivity index (χ2v) is 4.93. The van der Waals surface area contributed by atoms with E-state index in [9.17, 15) is 0 Å². The van der Waals surface area contributed by atoms with Crippen LogP contribution >= 0.6 is 0 Å². The number of hydrogen-bond donors (Lipinski definition) is 2. The van der Waals surface area contributed by atoms with E-state index >= 15 is 0 Å². The molecule has 5 heteroatoms. The number of nitrogens with zero attached hydrogens (tertiary/aromatic N) is 3. The molecule has 3 N–H and O–H groups in total. The van der Waals surface area contributed by atoms with Crippen molar-refractivity contribution in [3.63, 3.8) is 0 Å². The number of nitrogens with one attached hydrogen (secondary N) is 1. The lowest BCUT2D eigenvalue weighted by Gasteiger charge is -2.20. The molecule has 0 saturated heterocycles. The summed E-state index contributed by atoms with van der Waals surface area (Å²) in [7, 11) is 0. The summed E-state index contributed by atoms with van der Waals surface area (Å²) in [5.41, 5.74) is 7.78. The zero-order valence-corrected chi connectivity index (χ0v) is 12.9. The predicted molar refractivity (Wildman–Crippen MR) is 82.6 cm³/mol. The molecule has 0 aliphatic heterocycles. The highest BCUT2D eigenvalue weighted by Crippen LogP contribution is 2.22. The van der Waals surface area contributed by atoms with Crippen molar-refractivity contribution in [2.45, 2.75) is 47.1 Å². The lowest BCUT2D eigenvalue weighted by molar-refractivity contribution is 0.299. The summed E-state index contributed by atoms with van der Waals surface area (Å²) in [4.78, 5) is 2.44. The van der Waals surface area contributed by atoms with Crippen LogP contribution in [0.5, 0.6) is 0 Å². The number of aromatic nitrogens is 2. The minimum absolute atomic E-state index is 0.784. The molecule has 1 aromatic rings. The number of hydrogen-bond acceptors (Lipinski definition) is 4. The molecule has 19 heavy (non-hydrogen) atoms. The first kappa shape index (κ1) is 15.8. The van der Waals surface area contributed by atoms with Crippen LogP contribution in [0.25, 0.3) is 0 Å². The Morgan fingerprint density at radius 3 is 2.53 bits per heavy atom. The van der Waals surface area contributed by atoms with E-state index in [0.717, 1.165) is 56.3 Å². The van der Waals surface area contributed by atoms with Gasteiger partial charge in [0.15, 0.2) is 0 Å². The van der Waals surface area contributed by atoms with E-state index < -0.39 is 0 Å². The van der Waals surface area contributed by atoms with E-state index in [-0.39, 0.29) is 0 Å². The maximum absolute atomic E-state index is 6.08. The van der Waals surface area contributed by atoms with Crippen molar-refractivity contribution in [2.75, 3.05) is 37.2 Å². The molecular weight excluding hydrogens is 238 g/mol. The zero-order chi connectivity index (χ0) is 14.3. The summed E-state index contributed by atoms with van der Waals surface area (Å²) in [5.74, 6) is 0.979. The molecule has 0 radical (unpaired) electrons. The van der Waals surface area contributed by atoms with Gasteiger partial charge in [-0.2, -0.15) is 5.10 Å². The third kappa shape index (κ3) is 4.42. The maximum atomic E-state index is 6.08. The number of likely N-dealkylation sites (N-methyl/N-ethyl adjacent to an activating group) is 1. The van der Waals surface area contributed by atoms with Crippen LogP contribution in [0.3, 0.4) is 0 Å². The molecule has 1 aromatic heterocycles. The molecule has 0 aliphatic carbocycles. The molecule has 1 heterocycles. The van der Waals surface area contributed by atoms with Crippen LogP contribution in [0.15, 0.2) is 0 Å². The first-order valence-corrected chi connectivity index (χ1v) is 7.43. The number of nitrogen functional groups attached to an aromatic ring is 1. The highest BCUT2D eigenvalue weighted by molar-refractivity contribution is 5.64. The minimum Gasteiger partial charge on any atom is -0.394 e. The Hall–Kier alpha value is -1.23. The topological polar surface area (TPSA) is 59.1 Å². The van der Waals surface area contributed by atoms with Gasteiger partial charge in [0.2, 0.25) is 0 Å². The maximum Gasteiger partial charge on any atom is 0.148 e. The van der Waals surface area contributed by atoms with Crippen LogP contribution in [-0.2, 0) is 6.54 Å². The Labute approximate surface area is 117 Å². The second-order valence-electron chi connectivity index (χ2n) is 4.93. The van der Waals surface area contributed by atoms with Crippen molar-refractivity contribution < 1.29 is 0 Å². The van der Waals surface area contributed by atoms with Crippen molar-refractivity contribution in [1.82, 2.24) is 14.7 Å². The molecule has 0 fully saturated rings. The number of rotatable bonds is 9. The van der Waals surface area contributed by atoms with E-state index in [1.165, 1.54) is 6.42 Å². The summed E-state index contributed by atoms with van der Waals surface area (Å²) in [6.07, 6.45) is 2.26. The average Bonchev–Trinajstić information content (AvgIpc) is 2.65. The van der Waals surface area contributed by atoms with Crippen molar-refractivity contribution >= 4 is 11.5 Å². The van der Waals surface area contributed by atoms with Gasteiger partial charge in [0.05, 0.1) is 11.4 Å². The normalized spacial score (nSPS) is 11.2. The zero-order valence-electron chi connectivity index (χ0n) is 12.9. The summed E-state index contributed by atoms with van der Waals surface area (Å²) < 4.78 is 1.99. The van der Waals surface area contributed by atoms with Crippen molar-refractivity contribution in [2.24, 2.45) is 0 Å². The number of aryl methyl sites for hydroxylation is 2. The number of nitrogens with two attached hydrogens (primary N) is 1. The van der Waals surface area contributed by atoms with Gasteiger partial charge in [-0.15, -0.1) is 0 Å². The molecule has 0 unspecified atom stereocenters. The van der Waals surface area contributed by atoms with Crippen molar-refractivity contribution in [3.05, 3.63) is 5.69 Å². The molecule has 0 aliphatic rings. The van der Waals surface area contributed by atoms with Gasteiger partial charge in [-0.05, 0) is 32.9 Å². The fourth-order valence-corrected chi connectivity index (χ4v) is 2.23. The lowest BCUT2D eigenvalue weighted by atomic mass is 10.3. The standard InChI is InChI=1S/C14H29N5/c1-5-9-18(7-3)11-8-16-14-13(15)12(4)17-19(14)10-6-2/h16H,5-11,15H2,1-4H3. The van der Waals surface area contributed by atoms with Crippen LogP contribution in [-0.4, -0.2) is 40.9 Å². The van der Waals surface area contributed by atoms with Gasteiger partial charge in [0.25, 0.3) is 0 Å². The summed E-state index contributed by atoms with van der Waals surface area (Å²) in [5, 5.41) is 7.91. The number of anilines is 2. The van der Waals surface area contributed by atoms with Gasteiger partial charge in [-0.1, -0.05) is 20.8 Å². The lowest BCUT2D eigenvalue weighted by Crippen LogP contribution is -2.30. The molecule has 110 valence electrons. The van der Waals surface area contributed by atoms with E-state index in [2.05, 4.69) is 36.1 Å². The van der Waals surface area contributed by atoms with Gasteiger partial charge in [0, 0.05) is 19.6 Å². The summed E-state index contributed by atoms with van der Waals surface area (Å²) in [6, 6.07) is 0. The third-order valence-electron chi connectivity index (χ3n) is 3.32. The molecule has 0 saturated carbocycles. The Morgan fingerprint density at radius 1 is 1.21 bits per heavy atom. The largest absolute Gasteiger partial charge is 0.394 e. The molecule has 5 nitrogen and oxygen atoms in total. The highest BCUT2D eigenvalue weighted by Gasteiger charge is 2.11. The van der Waals surface area contributed by atoms with Crippen LogP contribution in [0, 0.1) is 6.92 Å². The highest BCUT2D eigenvalue weighted by atomic mass is 15.3. The van der Waals surface area contributed by atoms with E-state index in [1.54, 1.807) is 0 Å². The summed E-state index contributed by atoms with van der Waals surface area (Å²) in [6.45, 7) is 13.6. The fraction of sp³-hybridized carbons (Fsp3) is 0.786. The van der Waals surface area contributed by atoms with Crippen LogP contribution in [0.4, 0.5) is 11.5 Å². The van der Waals surface area contributed by atoms with Gasteiger partial charge in [-0.3, -0.25) is 0 Å². The smallest absolute Gasteiger partial charge is 0.148 e. The first-order chi connectivity index (χ1) is 9.13. The molecule has 0 amide bonds. The van der Waals surface area contributed by atoms with Gasteiger partial charge >= 0.3 is 0 Å². The van der Waals surface area contributed by atoms with Crippen LogP contribution in [0.1, 0.15) is 39.3 Å². The SMILES string of the molecule is CCCN(CC)CCNc1c(N)c(C)nn1CCC. The van der Waals surface area contributed by atoms with E-state index in [4.69, 9.17) is 5.73 Å². The minimum atomic E-state index is 0.784. The van der Waals surface area contributed by atoms with Crippen LogP contribution in [0.2, 0.25) is 0 Å². The van der Waals surface area contributed by atoms with E-state index in [0.29, 0.717) is 0 Å². The monoisotopic (exact) mass is 267 g/mol. The second kappa shape index (κ2) is 8.04. The molecule has 0 aromatic carbocycles. The van der Waals surface area contributed by atoms with Crippen LogP contribution < -0.4 is 11.1 Å². The summed E-state index contributed by atoms with van der Waals surface area (Å²) >= 11 is 0. The van der Waals surface area contributed by atoms with Crippen molar-refractivity contribution in [3.8, 4) is 0 Å². The van der Waals surface area contributed by atoms with Gasteiger partial charge in [0.1, 0.15) is 5.82 Å². The molecule has 0 spiro atoms. The molecular formula is C14H29N5.